The number of benzene rings is 1. The van der Waals surface area contributed by atoms with E-state index in [0.29, 0.717) is 23.1 Å². The molecule has 2 aromatic rings. The van der Waals surface area contributed by atoms with Gasteiger partial charge in [-0.2, -0.15) is 0 Å². The lowest BCUT2D eigenvalue weighted by Crippen LogP contribution is -2.23. The van der Waals surface area contributed by atoms with Crippen LogP contribution in [0.4, 0.5) is 5.69 Å². The Morgan fingerprint density at radius 2 is 2.20 bits per heavy atom. The number of anilines is 1. The number of nitrogens with zero attached hydrogens (tertiary/aromatic N) is 1. The largest absolute Gasteiger partial charge is 0.495 e. The molecule has 0 radical (unpaired) electrons. The van der Waals surface area contributed by atoms with Gasteiger partial charge in [0.2, 0.25) is 15.9 Å². The van der Waals surface area contributed by atoms with E-state index in [-0.39, 0.29) is 11.4 Å². The number of rotatable bonds is 5. The quantitative estimate of drug-likeness (QED) is 0.799. The molecule has 1 aromatic heterocycles. The third kappa shape index (κ3) is 3.09. The molecule has 108 valence electrons. The molecule has 0 unspecified atom stereocenters. The number of hydrogen-bond acceptors (Lipinski definition) is 6. The zero-order valence-electron chi connectivity index (χ0n) is 11.1. The Morgan fingerprint density at radius 1 is 1.45 bits per heavy atom. The lowest BCUT2D eigenvalue weighted by molar-refractivity contribution is 0.415. The molecule has 0 bridgehead atoms. The summed E-state index contributed by atoms with van der Waals surface area (Å²) in [6.45, 7) is 1.71. The first-order valence-electron chi connectivity index (χ1n) is 5.77. The molecule has 1 aromatic carbocycles. The van der Waals surface area contributed by atoms with Crippen LogP contribution >= 0.6 is 0 Å². The minimum Gasteiger partial charge on any atom is -0.495 e. The summed E-state index contributed by atoms with van der Waals surface area (Å²) < 4.78 is 36.8. The second-order valence-corrected chi connectivity index (χ2v) is 5.86. The molecule has 0 aliphatic heterocycles. The second-order valence-electron chi connectivity index (χ2n) is 4.09. The molecule has 2 rings (SSSR count). The fourth-order valence-electron chi connectivity index (χ4n) is 1.58. The molecular formula is C12H15N3O4S. The number of methoxy groups -OCH3 is 1. The third-order valence-electron chi connectivity index (χ3n) is 2.60. The maximum Gasteiger partial charge on any atom is 0.241 e. The number of hydrogen-bond donors (Lipinski definition) is 2. The van der Waals surface area contributed by atoms with Crippen molar-refractivity contribution >= 4 is 15.7 Å². The highest BCUT2D eigenvalue weighted by Crippen LogP contribution is 2.24. The van der Waals surface area contributed by atoms with Gasteiger partial charge in [-0.15, -0.1) is 0 Å². The molecule has 0 aliphatic rings. The number of sulfonamides is 1. The SMILES string of the molecule is COc1cc(S(=O)(=O)NCc2ncc(C)o2)ccc1N. The van der Waals surface area contributed by atoms with Crippen LogP contribution in [0.3, 0.4) is 0 Å². The summed E-state index contributed by atoms with van der Waals surface area (Å²) in [5.74, 6) is 1.22. The molecule has 1 heterocycles. The van der Waals surface area contributed by atoms with Gasteiger partial charge < -0.3 is 14.9 Å². The number of nitrogens with one attached hydrogen (secondary N) is 1. The number of nitrogens with two attached hydrogens (primary N) is 1. The monoisotopic (exact) mass is 297 g/mol. The first kappa shape index (κ1) is 14.4. The van der Waals surface area contributed by atoms with Crippen molar-refractivity contribution < 1.29 is 17.6 Å². The molecule has 0 amide bonds. The molecule has 0 saturated carbocycles. The first-order valence-corrected chi connectivity index (χ1v) is 7.25. The number of aromatic nitrogens is 1. The molecular weight excluding hydrogens is 282 g/mol. The van der Waals surface area contributed by atoms with Crippen molar-refractivity contribution in [3.8, 4) is 5.75 Å². The lowest BCUT2D eigenvalue weighted by Gasteiger charge is -2.08. The Bertz CT molecular complexity index is 709. The molecule has 0 saturated heterocycles. The summed E-state index contributed by atoms with van der Waals surface area (Å²) in [6, 6.07) is 4.24. The van der Waals surface area contributed by atoms with Gasteiger partial charge in [0.1, 0.15) is 11.5 Å². The Hall–Kier alpha value is -2.06. The zero-order chi connectivity index (χ0) is 14.8. The average molecular weight is 297 g/mol. The van der Waals surface area contributed by atoms with Crippen LogP contribution in [-0.2, 0) is 16.6 Å². The fourth-order valence-corrected chi connectivity index (χ4v) is 2.57. The van der Waals surface area contributed by atoms with Gasteiger partial charge in [0.25, 0.3) is 0 Å². The van der Waals surface area contributed by atoms with E-state index in [9.17, 15) is 8.42 Å². The first-order chi connectivity index (χ1) is 9.42. The highest BCUT2D eigenvalue weighted by molar-refractivity contribution is 7.89. The van der Waals surface area contributed by atoms with Crippen LogP contribution in [0, 0.1) is 6.92 Å². The molecule has 0 atom stereocenters. The predicted molar refractivity (Wildman–Crippen MR) is 72.7 cm³/mol. The van der Waals surface area contributed by atoms with Gasteiger partial charge in [-0.25, -0.2) is 18.1 Å². The maximum atomic E-state index is 12.1. The molecule has 3 N–H and O–H groups in total. The molecule has 0 spiro atoms. The van der Waals surface area contributed by atoms with Crippen LogP contribution in [-0.4, -0.2) is 20.5 Å². The Morgan fingerprint density at radius 3 is 2.80 bits per heavy atom. The standard InChI is InChI=1S/C12H15N3O4S/c1-8-6-14-12(19-8)7-15-20(16,17)9-3-4-10(13)11(5-9)18-2/h3-6,15H,7,13H2,1-2H3. The van der Waals surface area contributed by atoms with E-state index in [1.807, 2.05) is 0 Å². The summed E-state index contributed by atoms with van der Waals surface area (Å²) in [6.07, 6.45) is 1.52. The Kier molecular flexibility index (Phi) is 3.96. The molecule has 8 heteroatoms. The van der Waals surface area contributed by atoms with Crippen LogP contribution in [0.5, 0.6) is 5.75 Å². The van der Waals surface area contributed by atoms with Gasteiger partial charge in [0.05, 0.1) is 30.4 Å². The summed E-state index contributed by atoms with van der Waals surface area (Å²) >= 11 is 0. The van der Waals surface area contributed by atoms with Crippen LogP contribution in [0.1, 0.15) is 11.7 Å². The van der Waals surface area contributed by atoms with Crippen molar-refractivity contribution in [3.63, 3.8) is 0 Å². The van der Waals surface area contributed by atoms with Gasteiger partial charge >= 0.3 is 0 Å². The van der Waals surface area contributed by atoms with Crippen LogP contribution in [0.15, 0.2) is 33.7 Å². The maximum absolute atomic E-state index is 12.1. The number of aryl methyl sites for hydroxylation is 1. The number of ether oxygens (including phenoxy) is 1. The van der Waals surface area contributed by atoms with E-state index < -0.39 is 10.0 Å². The van der Waals surface area contributed by atoms with Gasteiger partial charge in [0.15, 0.2) is 0 Å². The third-order valence-corrected chi connectivity index (χ3v) is 4.00. The van der Waals surface area contributed by atoms with Crippen molar-refractivity contribution in [2.75, 3.05) is 12.8 Å². The van der Waals surface area contributed by atoms with Gasteiger partial charge in [-0.05, 0) is 19.1 Å². The normalized spacial score (nSPS) is 11.5. The van der Waals surface area contributed by atoms with Gasteiger partial charge in [-0.3, -0.25) is 0 Å². The van der Waals surface area contributed by atoms with E-state index in [0.717, 1.165) is 0 Å². The molecule has 0 fully saturated rings. The van der Waals surface area contributed by atoms with Crippen molar-refractivity contribution in [2.45, 2.75) is 18.4 Å². The van der Waals surface area contributed by atoms with E-state index in [2.05, 4.69) is 9.71 Å². The minimum atomic E-state index is -3.68. The smallest absolute Gasteiger partial charge is 0.241 e. The number of nitrogen functional groups attached to an aromatic ring is 1. The van der Waals surface area contributed by atoms with Crippen molar-refractivity contribution in [1.29, 1.82) is 0 Å². The topological polar surface area (TPSA) is 107 Å². The summed E-state index contributed by atoms with van der Waals surface area (Å²) in [7, 11) is -2.26. The Labute approximate surface area is 116 Å². The van der Waals surface area contributed by atoms with Gasteiger partial charge in [-0.1, -0.05) is 0 Å². The van der Waals surface area contributed by atoms with E-state index in [4.69, 9.17) is 14.9 Å². The van der Waals surface area contributed by atoms with Crippen molar-refractivity contribution in [3.05, 3.63) is 36.0 Å². The number of oxazole rings is 1. The predicted octanol–water partition coefficient (Wildman–Crippen LogP) is 1.05. The van der Waals surface area contributed by atoms with Crippen LogP contribution in [0.2, 0.25) is 0 Å². The summed E-state index contributed by atoms with van der Waals surface area (Å²) in [5, 5.41) is 0. The van der Waals surface area contributed by atoms with Crippen molar-refractivity contribution in [1.82, 2.24) is 9.71 Å². The Balaban J connectivity index is 2.17. The second kappa shape index (κ2) is 5.51. The van der Waals surface area contributed by atoms with Crippen LogP contribution < -0.4 is 15.2 Å². The summed E-state index contributed by atoms with van der Waals surface area (Å²) in [5.41, 5.74) is 6.02. The fraction of sp³-hybridized carbons (Fsp3) is 0.250. The minimum absolute atomic E-state index is 0.0249. The lowest BCUT2D eigenvalue weighted by atomic mass is 10.3. The average Bonchev–Trinajstić information content (AvgIpc) is 2.83. The van der Waals surface area contributed by atoms with Crippen LogP contribution in [0.25, 0.3) is 0 Å². The summed E-state index contributed by atoms with van der Waals surface area (Å²) in [4.78, 5) is 3.98. The highest BCUT2D eigenvalue weighted by atomic mass is 32.2. The highest BCUT2D eigenvalue weighted by Gasteiger charge is 2.16. The molecule has 7 nitrogen and oxygen atoms in total. The van der Waals surface area contributed by atoms with Crippen molar-refractivity contribution in [2.24, 2.45) is 0 Å². The zero-order valence-corrected chi connectivity index (χ0v) is 11.9. The molecule has 0 aliphatic carbocycles. The van der Waals surface area contributed by atoms with Gasteiger partial charge in [0, 0.05) is 6.07 Å². The van der Waals surface area contributed by atoms with E-state index in [1.165, 1.54) is 31.5 Å². The van der Waals surface area contributed by atoms with E-state index >= 15 is 0 Å². The van der Waals surface area contributed by atoms with E-state index in [1.54, 1.807) is 6.92 Å². The molecule has 20 heavy (non-hydrogen) atoms.